The molecule has 1 aromatic carbocycles. The molecule has 1 heterocycles. The molecule has 0 radical (unpaired) electrons. The molecule has 1 aromatic heterocycles. The van der Waals surface area contributed by atoms with Crippen LogP contribution in [0.2, 0.25) is 0 Å². The van der Waals surface area contributed by atoms with Crippen molar-refractivity contribution in [3.63, 3.8) is 0 Å². The van der Waals surface area contributed by atoms with E-state index in [0.29, 0.717) is 0 Å². The molecule has 0 saturated heterocycles. The topological polar surface area (TPSA) is 17.0 Å². The molecule has 2 aromatic rings. The number of hydrogen-bond donors (Lipinski definition) is 1. The van der Waals surface area contributed by atoms with Crippen molar-refractivity contribution in [3.8, 4) is 0 Å². The molecule has 0 aliphatic heterocycles. The molecule has 0 aliphatic rings. The molecule has 17 heavy (non-hydrogen) atoms. The van der Waals surface area contributed by atoms with Gasteiger partial charge in [0.15, 0.2) is 0 Å². The maximum atomic E-state index is 3.59. The molecule has 0 amide bonds. The lowest BCUT2D eigenvalue weighted by atomic mass is 10.2. The third-order valence-corrected chi connectivity index (χ3v) is 3.55. The molecule has 0 saturated carbocycles. The number of nitrogens with one attached hydrogen (secondary N) is 1. The molecule has 0 spiro atoms. The van der Waals surface area contributed by atoms with Crippen LogP contribution in [-0.4, -0.2) is 11.1 Å². The van der Waals surface area contributed by atoms with Crippen molar-refractivity contribution < 1.29 is 0 Å². The molecule has 90 valence electrons. The third kappa shape index (κ3) is 3.20. The van der Waals surface area contributed by atoms with E-state index in [1.807, 2.05) is 6.07 Å². The number of benzene rings is 1. The van der Waals surface area contributed by atoms with Crippen LogP contribution in [0, 0.1) is 0 Å². The zero-order valence-corrected chi connectivity index (χ0v) is 11.6. The number of hydrogen-bond acceptors (Lipinski definition) is 1. The molecule has 0 bridgehead atoms. The van der Waals surface area contributed by atoms with Gasteiger partial charge in [0, 0.05) is 29.5 Å². The summed E-state index contributed by atoms with van der Waals surface area (Å²) in [5.74, 6) is 0. The summed E-state index contributed by atoms with van der Waals surface area (Å²) in [7, 11) is 0. The van der Waals surface area contributed by atoms with Gasteiger partial charge in [-0.05, 0) is 30.3 Å². The Labute approximate surface area is 111 Å². The van der Waals surface area contributed by atoms with E-state index in [4.69, 9.17) is 0 Å². The Morgan fingerprint density at radius 3 is 2.76 bits per heavy atom. The zero-order chi connectivity index (χ0) is 12.1. The summed E-state index contributed by atoms with van der Waals surface area (Å²) >= 11 is 3.59. The van der Waals surface area contributed by atoms with Crippen LogP contribution in [0.4, 0.5) is 0 Å². The van der Waals surface area contributed by atoms with Crippen molar-refractivity contribution in [2.45, 2.75) is 20.0 Å². The highest BCUT2D eigenvalue weighted by molar-refractivity contribution is 9.10. The van der Waals surface area contributed by atoms with Crippen molar-refractivity contribution in [1.82, 2.24) is 9.88 Å². The lowest BCUT2D eigenvalue weighted by molar-refractivity contribution is 0.656. The Morgan fingerprint density at radius 2 is 2.00 bits per heavy atom. The highest BCUT2D eigenvalue weighted by atomic mass is 79.9. The van der Waals surface area contributed by atoms with Gasteiger partial charge in [-0.2, -0.15) is 0 Å². The van der Waals surface area contributed by atoms with Gasteiger partial charge in [-0.1, -0.05) is 41.1 Å². The Balaban J connectivity index is 2.13. The van der Waals surface area contributed by atoms with Crippen molar-refractivity contribution >= 4 is 15.9 Å². The second kappa shape index (κ2) is 6.03. The van der Waals surface area contributed by atoms with Crippen LogP contribution in [-0.2, 0) is 13.1 Å². The first kappa shape index (κ1) is 12.4. The second-order valence-corrected chi connectivity index (χ2v) is 4.85. The monoisotopic (exact) mass is 292 g/mol. The minimum absolute atomic E-state index is 0.912. The van der Waals surface area contributed by atoms with E-state index in [-0.39, 0.29) is 0 Å². The average Bonchev–Trinajstić information content (AvgIpc) is 2.77. The summed E-state index contributed by atoms with van der Waals surface area (Å²) < 4.78 is 3.45. The van der Waals surface area contributed by atoms with E-state index < -0.39 is 0 Å². The molecule has 2 rings (SSSR count). The first-order chi connectivity index (χ1) is 8.31. The summed E-state index contributed by atoms with van der Waals surface area (Å²) in [6, 6.07) is 12.6. The number of nitrogens with zero attached hydrogens (tertiary/aromatic N) is 1. The molecule has 2 nitrogen and oxygen atoms in total. The van der Waals surface area contributed by atoms with Crippen LogP contribution in [0.25, 0.3) is 0 Å². The predicted octanol–water partition coefficient (Wildman–Crippen LogP) is 3.41. The van der Waals surface area contributed by atoms with E-state index in [9.17, 15) is 0 Å². The van der Waals surface area contributed by atoms with E-state index in [1.54, 1.807) is 0 Å². The van der Waals surface area contributed by atoms with Crippen molar-refractivity contribution in [2.75, 3.05) is 6.54 Å². The smallest absolute Gasteiger partial charge is 0.0484 e. The molecule has 3 heteroatoms. The Morgan fingerprint density at radius 1 is 1.18 bits per heavy atom. The van der Waals surface area contributed by atoms with Gasteiger partial charge in [0.1, 0.15) is 0 Å². The number of aromatic nitrogens is 1. The summed E-state index contributed by atoms with van der Waals surface area (Å²) in [6.45, 7) is 4.96. The second-order valence-electron chi connectivity index (χ2n) is 4.00. The van der Waals surface area contributed by atoms with Gasteiger partial charge in [0.2, 0.25) is 0 Å². The minimum atomic E-state index is 0.912. The fraction of sp³-hybridized carbons (Fsp3) is 0.286. The molecule has 0 atom stereocenters. The van der Waals surface area contributed by atoms with Crippen molar-refractivity contribution in [1.29, 1.82) is 0 Å². The molecule has 1 N–H and O–H groups in total. The van der Waals surface area contributed by atoms with E-state index in [0.717, 1.165) is 19.6 Å². The van der Waals surface area contributed by atoms with Crippen LogP contribution in [0.5, 0.6) is 0 Å². The standard InChI is InChI=1S/C14H17BrN2/c1-2-16-10-13-7-5-9-17(13)11-12-6-3-4-8-14(12)15/h3-9,16H,2,10-11H2,1H3. The van der Waals surface area contributed by atoms with Crippen LogP contribution in [0.3, 0.4) is 0 Å². The van der Waals surface area contributed by atoms with Gasteiger partial charge in [-0.25, -0.2) is 0 Å². The van der Waals surface area contributed by atoms with Crippen molar-refractivity contribution in [3.05, 3.63) is 58.3 Å². The number of rotatable bonds is 5. The molecular weight excluding hydrogens is 276 g/mol. The summed E-state index contributed by atoms with van der Waals surface area (Å²) in [5, 5.41) is 3.36. The Kier molecular flexibility index (Phi) is 4.40. The predicted molar refractivity (Wildman–Crippen MR) is 75.1 cm³/mol. The van der Waals surface area contributed by atoms with Gasteiger partial charge in [-0.3, -0.25) is 0 Å². The van der Waals surface area contributed by atoms with Crippen molar-refractivity contribution in [2.24, 2.45) is 0 Å². The zero-order valence-electron chi connectivity index (χ0n) is 9.99. The number of halogens is 1. The fourth-order valence-electron chi connectivity index (χ4n) is 1.83. The molecular formula is C14H17BrN2. The van der Waals surface area contributed by atoms with Crippen LogP contribution < -0.4 is 5.32 Å². The first-order valence-electron chi connectivity index (χ1n) is 5.89. The largest absolute Gasteiger partial charge is 0.346 e. The highest BCUT2D eigenvalue weighted by Crippen LogP contribution is 2.18. The molecule has 0 fully saturated rings. The maximum Gasteiger partial charge on any atom is 0.0484 e. The summed E-state index contributed by atoms with van der Waals surface area (Å²) in [5.41, 5.74) is 2.63. The lowest BCUT2D eigenvalue weighted by Gasteiger charge is -2.11. The van der Waals surface area contributed by atoms with Gasteiger partial charge in [0.25, 0.3) is 0 Å². The third-order valence-electron chi connectivity index (χ3n) is 2.78. The van der Waals surface area contributed by atoms with Crippen LogP contribution in [0.15, 0.2) is 47.1 Å². The first-order valence-corrected chi connectivity index (χ1v) is 6.68. The minimum Gasteiger partial charge on any atom is -0.346 e. The van der Waals surface area contributed by atoms with Gasteiger partial charge in [-0.15, -0.1) is 0 Å². The highest BCUT2D eigenvalue weighted by Gasteiger charge is 2.03. The Hall–Kier alpha value is -1.06. The SMILES string of the molecule is CCNCc1cccn1Cc1ccccc1Br. The molecule has 0 unspecified atom stereocenters. The molecule has 0 aliphatic carbocycles. The summed E-state index contributed by atoms with van der Waals surface area (Å²) in [6.07, 6.45) is 2.13. The van der Waals surface area contributed by atoms with E-state index >= 15 is 0 Å². The van der Waals surface area contributed by atoms with E-state index in [1.165, 1.54) is 15.7 Å². The lowest BCUT2D eigenvalue weighted by Crippen LogP contribution is -2.15. The average molecular weight is 293 g/mol. The normalized spacial score (nSPS) is 10.7. The van der Waals surface area contributed by atoms with E-state index in [2.05, 4.69) is 69.3 Å². The van der Waals surface area contributed by atoms with Gasteiger partial charge < -0.3 is 9.88 Å². The van der Waals surface area contributed by atoms with Crippen LogP contribution in [0.1, 0.15) is 18.2 Å². The summed E-state index contributed by atoms with van der Waals surface area (Å²) in [4.78, 5) is 0. The quantitative estimate of drug-likeness (QED) is 0.894. The van der Waals surface area contributed by atoms with Crippen LogP contribution >= 0.6 is 15.9 Å². The fourth-order valence-corrected chi connectivity index (χ4v) is 2.24. The maximum absolute atomic E-state index is 3.59. The van der Waals surface area contributed by atoms with Gasteiger partial charge >= 0.3 is 0 Å². The van der Waals surface area contributed by atoms with Gasteiger partial charge in [0.05, 0.1) is 0 Å². The Bertz CT molecular complexity index is 477.